The van der Waals surface area contributed by atoms with Crippen molar-refractivity contribution < 1.29 is 13.9 Å². The molecule has 2 bridgehead atoms. The SMILES string of the molecule is CN=C(NC1CC2CCC(C1)N2C(=O)OC(C)(C)C)NC1CC1c1ccccc1F.I. The third kappa shape index (κ3) is 5.62. The van der Waals surface area contributed by atoms with Gasteiger partial charge in [0.05, 0.1) is 0 Å². The van der Waals surface area contributed by atoms with Gasteiger partial charge in [0.25, 0.3) is 0 Å². The number of hydrogen-bond donors (Lipinski definition) is 2. The number of guanidine groups is 1. The van der Waals surface area contributed by atoms with E-state index in [4.69, 9.17) is 4.74 Å². The van der Waals surface area contributed by atoms with Gasteiger partial charge >= 0.3 is 6.09 Å². The smallest absolute Gasteiger partial charge is 0.410 e. The normalized spacial score (nSPS) is 29.8. The Morgan fingerprint density at radius 1 is 1.13 bits per heavy atom. The number of nitrogens with zero attached hydrogens (tertiary/aromatic N) is 2. The number of halogens is 2. The van der Waals surface area contributed by atoms with E-state index in [1.54, 1.807) is 13.1 Å². The van der Waals surface area contributed by atoms with Crippen LogP contribution in [-0.4, -0.2) is 53.8 Å². The van der Waals surface area contributed by atoms with Crippen LogP contribution < -0.4 is 10.6 Å². The standard InChI is InChI=1S/C23H33FN4O2.HI/c1-23(2,3)30-22(29)28-15-9-10-16(28)12-14(11-15)26-21(25-4)27-20-13-18(20)17-7-5-6-8-19(17)24;/h5-8,14-16,18,20H,9-13H2,1-4H3,(H2,25,26,27);1H. The average molecular weight is 544 g/mol. The van der Waals surface area contributed by atoms with Gasteiger partial charge in [0.1, 0.15) is 11.4 Å². The van der Waals surface area contributed by atoms with Gasteiger partial charge in [-0.15, -0.1) is 24.0 Å². The molecule has 0 radical (unpaired) electrons. The topological polar surface area (TPSA) is 66.0 Å². The Morgan fingerprint density at radius 3 is 2.35 bits per heavy atom. The summed E-state index contributed by atoms with van der Waals surface area (Å²) in [7, 11) is 1.76. The lowest BCUT2D eigenvalue weighted by atomic mass is 9.98. The van der Waals surface area contributed by atoms with E-state index < -0.39 is 5.60 Å². The van der Waals surface area contributed by atoms with Crippen LogP contribution in [0.4, 0.5) is 9.18 Å². The van der Waals surface area contributed by atoms with Crippen LogP contribution in [0.3, 0.4) is 0 Å². The molecule has 1 amide bonds. The van der Waals surface area contributed by atoms with Gasteiger partial charge in [0.15, 0.2) is 5.96 Å². The molecule has 0 aromatic heterocycles. The molecule has 2 heterocycles. The van der Waals surface area contributed by atoms with Crippen molar-refractivity contribution in [1.82, 2.24) is 15.5 Å². The van der Waals surface area contributed by atoms with Crippen molar-refractivity contribution >= 4 is 36.0 Å². The lowest BCUT2D eigenvalue weighted by Crippen LogP contribution is -2.55. The zero-order chi connectivity index (χ0) is 21.5. The summed E-state index contributed by atoms with van der Waals surface area (Å²) in [5, 5.41) is 6.98. The highest BCUT2D eigenvalue weighted by Crippen LogP contribution is 2.42. The van der Waals surface area contributed by atoms with Gasteiger partial charge in [0.2, 0.25) is 0 Å². The van der Waals surface area contributed by atoms with Crippen molar-refractivity contribution in [3.8, 4) is 0 Å². The second-order valence-electron chi connectivity index (χ2n) is 9.77. The van der Waals surface area contributed by atoms with E-state index in [0.29, 0.717) is 0 Å². The Kier molecular flexibility index (Phi) is 7.38. The van der Waals surface area contributed by atoms with E-state index in [2.05, 4.69) is 15.6 Å². The number of nitrogens with one attached hydrogen (secondary N) is 2. The third-order valence-corrected chi connectivity index (χ3v) is 6.32. The van der Waals surface area contributed by atoms with Gasteiger partial charge in [-0.2, -0.15) is 0 Å². The fourth-order valence-corrected chi connectivity index (χ4v) is 4.92. The molecule has 4 unspecified atom stereocenters. The van der Waals surface area contributed by atoms with Crippen molar-refractivity contribution in [1.29, 1.82) is 0 Å². The summed E-state index contributed by atoms with van der Waals surface area (Å²) in [6.07, 6.45) is 4.53. The number of rotatable bonds is 3. The summed E-state index contributed by atoms with van der Waals surface area (Å²) in [6, 6.07) is 7.87. The predicted molar refractivity (Wildman–Crippen MR) is 130 cm³/mol. The molecule has 3 aliphatic rings. The summed E-state index contributed by atoms with van der Waals surface area (Å²) in [5.41, 5.74) is 0.297. The van der Waals surface area contributed by atoms with Crippen LogP contribution in [0, 0.1) is 5.82 Å². The molecule has 1 aromatic carbocycles. The Hall–Kier alpha value is -1.58. The van der Waals surface area contributed by atoms with Crippen molar-refractivity contribution in [3.05, 3.63) is 35.6 Å². The second kappa shape index (κ2) is 9.50. The molecule has 1 saturated carbocycles. The van der Waals surface area contributed by atoms with Crippen LogP contribution in [0.1, 0.15) is 64.4 Å². The van der Waals surface area contributed by atoms with Gasteiger partial charge in [-0.3, -0.25) is 4.99 Å². The van der Waals surface area contributed by atoms with E-state index in [-0.39, 0.29) is 66.0 Å². The maximum atomic E-state index is 14.0. The minimum absolute atomic E-state index is 0. The predicted octanol–water partition coefficient (Wildman–Crippen LogP) is 4.40. The van der Waals surface area contributed by atoms with E-state index in [1.165, 1.54) is 6.07 Å². The molecule has 2 aliphatic heterocycles. The minimum Gasteiger partial charge on any atom is -0.444 e. The zero-order valence-corrected chi connectivity index (χ0v) is 21.1. The first kappa shape index (κ1) is 24.1. The molecule has 1 aliphatic carbocycles. The van der Waals surface area contributed by atoms with Gasteiger partial charge in [-0.05, 0) is 64.5 Å². The van der Waals surface area contributed by atoms with E-state index >= 15 is 0 Å². The number of aliphatic imine (C=N–C) groups is 1. The van der Waals surface area contributed by atoms with Crippen LogP contribution in [0.15, 0.2) is 29.3 Å². The van der Waals surface area contributed by atoms with Gasteiger partial charge in [0, 0.05) is 37.1 Å². The number of ether oxygens (including phenoxy) is 1. The van der Waals surface area contributed by atoms with Crippen LogP contribution in [0.25, 0.3) is 0 Å². The first-order chi connectivity index (χ1) is 14.2. The summed E-state index contributed by atoms with van der Waals surface area (Å²) in [5.74, 6) is 0.810. The van der Waals surface area contributed by atoms with E-state index in [0.717, 1.165) is 43.6 Å². The number of benzene rings is 1. The molecular weight excluding hydrogens is 510 g/mol. The number of carbonyl (C=O) groups is 1. The Balaban J connectivity index is 0.00000272. The molecule has 2 saturated heterocycles. The van der Waals surface area contributed by atoms with Gasteiger partial charge < -0.3 is 20.3 Å². The highest BCUT2D eigenvalue weighted by Gasteiger charge is 2.45. The molecule has 0 spiro atoms. The molecular formula is C23H34FIN4O2. The summed E-state index contributed by atoms with van der Waals surface area (Å²) in [4.78, 5) is 19.0. The minimum atomic E-state index is -0.476. The van der Waals surface area contributed by atoms with Gasteiger partial charge in [-0.25, -0.2) is 9.18 Å². The first-order valence-electron chi connectivity index (χ1n) is 11.0. The largest absolute Gasteiger partial charge is 0.444 e. The summed E-state index contributed by atoms with van der Waals surface area (Å²) >= 11 is 0. The summed E-state index contributed by atoms with van der Waals surface area (Å²) in [6.45, 7) is 5.72. The summed E-state index contributed by atoms with van der Waals surface area (Å²) < 4.78 is 19.6. The lowest BCUT2D eigenvalue weighted by Gasteiger charge is -2.40. The second-order valence-corrected chi connectivity index (χ2v) is 9.77. The number of amides is 1. The molecule has 8 heteroatoms. The van der Waals surface area contributed by atoms with Crippen LogP contribution >= 0.6 is 24.0 Å². The quantitative estimate of drug-likeness (QED) is 0.337. The van der Waals surface area contributed by atoms with E-state index in [1.807, 2.05) is 37.8 Å². The molecule has 4 atom stereocenters. The number of fused-ring (bicyclic) bond motifs is 2. The Bertz CT molecular complexity index is 814. The highest BCUT2D eigenvalue weighted by molar-refractivity contribution is 14.0. The lowest BCUT2D eigenvalue weighted by molar-refractivity contribution is 0.00545. The fourth-order valence-electron chi connectivity index (χ4n) is 4.92. The average Bonchev–Trinajstić information content (AvgIpc) is 3.37. The van der Waals surface area contributed by atoms with Crippen LogP contribution in [-0.2, 0) is 4.74 Å². The maximum absolute atomic E-state index is 14.0. The number of hydrogen-bond acceptors (Lipinski definition) is 3. The van der Waals surface area contributed by atoms with Crippen molar-refractivity contribution in [2.24, 2.45) is 4.99 Å². The van der Waals surface area contributed by atoms with Crippen molar-refractivity contribution in [2.75, 3.05) is 7.05 Å². The molecule has 4 rings (SSSR count). The molecule has 6 nitrogen and oxygen atoms in total. The fraction of sp³-hybridized carbons (Fsp3) is 0.652. The molecule has 31 heavy (non-hydrogen) atoms. The third-order valence-electron chi connectivity index (χ3n) is 6.32. The number of carbonyl (C=O) groups excluding carboxylic acids is 1. The van der Waals surface area contributed by atoms with E-state index in [9.17, 15) is 9.18 Å². The zero-order valence-electron chi connectivity index (χ0n) is 18.7. The molecule has 3 fully saturated rings. The van der Waals surface area contributed by atoms with Crippen LogP contribution in [0.2, 0.25) is 0 Å². The van der Waals surface area contributed by atoms with Crippen LogP contribution in [0.5, 0.6) is 0 Å². The first-order valence-corrected chi connectivity index (χ1v) is 11.0. The Morgan fingerprint density at radius 2 is 1.77 bits per heavy atom. The van der Waals surface area contributed by atoms with Gasteiger partial charge in [-0.1, -0.05) is 18.2 Å². The highest BCUT2D eigenvalue weighted by atomic mass is 127. The van der Waals surface area contributed by atoms with Crippen molar-refractivity contribution in [3.63, 3.8) is 0 Å². The molecule has 172 valence electrons. The van der Waals surface area contributed by atoms with Crippen molar-refractivity contribution in [2.45, 2.75) is 88.6 Å². The molecule has 1 aromatic rings. The monoisotopic (exact) mass is 544 g/mol. The maximum Gasteiger partial charge on any atom is 0.410 e. The number of piperidine rings is 1. The Labute approximate surface area is 201 Å². The molecule has 2 N–H and O–H groups in total.